The van der Waals surface area contributed by atoms with Gasteiger partial charge in [0.15, 0.2) is 0 Å². The standard InChI is InChI=1S/C15H13F4NO/c16-13-7-3-1-5-11(13)9-20-10-12-6-2-4-8-14(12)21-15(17,18)19/h1-8,20H,9-10H2. The van der Waals surface area contributed by atoms with E-state index in [1.54, 1.807) is 24.3 Å². The predicted molar refractivity (Wildman–Crippen MR) is 70.1 cm³/mol. The van der Waals surface area contributed by atoms with E-state index in [-0.39, 0.29) is 24.7 Å². The van der Waals surface area contributed by atoms with E-state index in [0.29, 0.717) is 11.1 Å². The lowest BCUT2D eigenvalue weighted by molar-refractivity contribution is -0.274. The number of rotatable bonds is 5. The molecule has 0 spiro atoms. The van der Waals surface area contributed by atoms with Crippen LogP contribution in [0.25, 0.3) is 0 Å². The lowest BCUT2D eigenvalue weighted by atomic mass is 10.2. The zero-order chi connectivity index (χ0) is 15.3. The second-order valence-electron chi connectivity index (χ2n) is 4.35. The monoisotopic (exact) mass is 299 g/mol. The SMILES string of the molecule is Fc1ccccc1CNCc1ccccc1OC(F)(F)F. The second-order valence-corrected chi connectivity index (χ2v) is 4.35. The van der Waals surface area contributed by atoms with Gasteiger partial charge in [0.2, 0.25) is 0 Å². The predicted octanol–water partition coefficient (Wildman–Crippen LogP) is 4.01. The van der Waals surface area contributed by atoms with Crippen LogP contribution in [0.5, 0.6) is 5.75 Å². The lowest BCUT2D eigenvalue weighted by Gasteiger charge is -2.13. The summed E-state index contributed by atoms with van der Waals surface area (Å²) in [7, 11) is 0. The molecule has 0 unspecified atom stereocenters. The quantitative estimate of drug-likeness (QED) is 0.842. The number of ether oxygens (including phenoxy) is 1. The highest BCUT2D eigenvalue weighted by molar-refractivity contribution is 5.33. The molecule has 1 N–H and O–H groups in total. The van der Waals surface area contributed by atoms with Crippen LogP contribution in [0.1, 0.15) is 11.1 Å². The molecule has 2 aromatic carbocycles. The maximum atomic E-state index is 13.4. The Morgan fingerprint density at radius 3 is 2.10 bits per heavy atom. The fourth-order valence-electron chi connectivity index (χ4n) is 1.85. The van der Waals surface area contributed by atoms with Gasteiger partial charge in [-0.2, -0.15) is 0 Å². The molecule has 0 atom stereocenters. The first-order valence-corrected chi connectivity index (χ1v) is 6.23. The highest BCUT2D eigenvalue weighted by Crippen LogP contribution is 2.26. The van der Waals surface area contributed by atoms with Gasteiger partial charge in [-0.15, -0.1) is 13.2 Å². The Morgan fingerprint density at radius 1 is 0.857 bits per heavy atom. The van der Waals surface area contributed by atoms with Gasteiger partial charge in [0.05, 0.1) is 0 Å². The number of nitrogens with one attached hydrogen (secondary N) is 1. The summed E-state index contributed by atoms with van der Waals surface area (Å²) in [6.45, 7) is 0.355. The van der Waals surface area contributed by atoms with Crippen LogP contribution in [0, 0.1) is 5.82 Å². The first-order chi connectivity index (χ1) is 9.96. The minimum Gasteiger partial charge on any atom is -0.405 e. The average molecular weight is 299 g/mol. The van der Waals surface area contributed by atoms with E-state index < -0.39 is 6.36 Å². The Morgan fingerprint density at radius 2 is 1.43 bits per heavy atom. The smallest absolute Gasteiger partial charge is 0.405 e. The van der Waals surface area contributed by atoms with Crippen molar-refractivity contribution in [3.63, 3.8) is 0 Å². The molecule has 0 aliphatic rings. The van der Waals surface area contributed by atoms with Crippen molar-refractivity contribution in [2.45, 2.75) is 19.5 Å². The summed E-state index contributed by atoms with van der Waals surface area (Å²) in [5.41, 5.74) is 0.804. The summed E-state index contributed by atoms with van der Waals surface area (Å²) < 4.78 is 54.2. The molecule has 2 rings (SSSR count). The Labute approximate surface area is 119 Å². The number of para-hydroxylation sites is 1. The molecule has 0 amide bonds. The van der Waals surface area contributed by atoms with Gasteiger partial charge in [0.25, 0.3) is 0 Å². The Balaban J connectivity index is 1.99. The maximum absolute atomic E-state index is 13.4. The second kappa shape index (κ2) is 6.58. The zero-order valence-corrected chi connectivity index (χ0v) is 11.0. The minimum absolute atomic E-state index is 0.139. The third kappa shape index (κ3) is 4.75. The molecule has 0 aliphatic carbocycles. The van der Waals surface area contributed by atoms with Gasteiger partial charge >= 0.3 is 6.36 Å². The summed E-state index contributed by atoms with van der Waals surface area (Å²) in [5, 5.41) is 2.90. The van der Waals surface area contributed by atoms with E-state index >= 15 is 0 Å². The molecule has 0 heterocycles. The first kappa shape index (κ1) is 15.3. The molecule has 2 nitrogen and oxygen atoms in total. The maximum Gasteiger partial charge on any atom is 0.573 e. The van der Waals surface area contributed by atoms with Gasteiger partial charge in [0.1, 0.15) is 11.6 Å². The molecule has 0 fully saturated rings. The van der Waals surface area contributed by atoms with Crippen molar-refractivity contribution in [3.8, 4) is 5.75 Å². The highest BCUT2D eigenvalue weighted by atomic mass is 19.4. The molecule has 0 aromatic heterocycles. The molecular formula is C15H13F4NO. The normalized spacial score (nSPS) is 11.4. The number of alkyl halides is 3. The molecule has 2 aromatic rings. The van der Waals surface area contributed by atoms with Crippen molar-refractivity contribution in [1.82, 2.24) is 5.32 Å². The number of benzene rings is 2. The topological polar surface area (TPSA) is 21.3 Å². The largest absolute Gasteiger partial charge is 0.573 e. The van der Waals surface area contributed by atoms with Gasteiger partial charge in [0, 0.05) is 24.2 Å². The van der Waals surface area contributed by atoms with E-state index in [4.69, 9.17) is 0 Å². The molecule has 6 heteroatoms. The summed E-state index contributed by atoms with van der Waals surface area (Å²) in [4.78, 5) is 0. The fourth-order valence-corrected chi connectivity index (χ4v) is 1.85. The Bertz CT molecular complexity index is 598. The van der Waals surface area contributed by atoms with Crippen LogP contribution in [-0.4, -0.2) is 6.36 Å². The summed E-state index contributed by atoms with van der Waals surface area (Å²) in [6, 6.07) is 12.1. The first-order valence-electron chi connectivity index (χ1n) is 6.23. The lowest BCUT2D eigenvalue weighted by Crippen LogP contribution is -2.20. The Kier molecular flexibility index (Phi) is 4.80. The van der Waals surface area contributed by atoms with E-state index in [9.17, 15) is 17.6 Å². The molecule has 0 saturated carbocycles. The van der Waals surface area contributed by atoms with Crippen molar-refractivity contribution >= 4 is 0 Å². The number of hydrogen-bond donors (Lipinski definition) is 1. The van der Waals surface area contributed by atoms with Crippen LogP contribution >= 0.6 is 0 Å². The van der Waals surface area contributed by atoms with Gasteiger partial charge in [-0.05, 0) is 12.1 Å². The highest BCUT2D eigenvalue weighted by Gasteiger charge is 2.31. The fraction of sp³-hybridized carbons (Fsp3) is 0.200. The third-order valence-electron chi connectivity index (χ3n) is 2.79. The average Bonchev–Trinajstić information content (AvgIpc) is 2.41. The molecule has 0 saturated heterocycles. The van der Waals surface area contributed by atoms with Crippen LogP contribution < -0.4 is 10.1 Å². The zero-order valence-electron chi connectivity index (χ0n) is 11.0. The third-order valence-corrected chi connectivity index (χ3v) is 2.79. The minimum atomic E-state index is -4.73. The number of halogens is 4. The van der Waals surface area contributed by atoms with Crippen molar-refractivity contribution in [1.29, 1.82) is 0 Å². The van der Waals surface area contributed by atoms with Crippen molar-refractivity contribution in [2.24, 2.45) is 0 Å². The molecule has 0 bridgehead atoms. The van der Waals surface area contributed by atoms with Crippen LogP contribution in [-0.2, 0) is 13.1 Å². The van der Waals surface area contributed by atoms with Gasteiger partial charge in [-0.1, -0.05) is 36.4 Å². The van der Waals surface area contributed by atoms with E-state index in [2.05, 4.69) is 10.1 Å². The van der Waals surface area contributed by atoms with Gasteiger partial charge < -0.3 is 10.1 Å². The van der Waals surface area contributed by atoms with Gasteiger partial charge in [-0.25, -0.2) is 4.39 Å². The van der Waals surface area contributed by atoms with Crippen molar-refractivity contribution in [3.05, 3.63) is 65.5 Å². The summed E-state index contributed by atoms with van der Waals surface area (Å²) in [6.07, 6.45) is -4.73. The molecule has 112 valence electrons. The van der Waals surface area contributed by atoms with Crippen molar-refractivity contribution in [2.75, 3.05) is 0 Å². The van der Waals surface area contributed by atoms with Crippen LogP contribution in [0.2, 0.25) is 0 Å². The van der Waals surface area contributed by atoms with E-state index in [1.165, 1.54) is 24.3 Å². The molecule has 21 heavy (non-hydrogen) atoms. The molecule has 0 radical (unpaired) electrons. The van der Waals surface area contributed by atoms with Crippen LogP contribution in [0.15, 0.2) is 48.5 Å². The van der Waals surface area contributed by atoms with Crippen molar-refractivity contribution < 1.29 is 22.3 Å². The van der Waals surface area contributed by atoms with Crippen LogP contribution in [0.3, 0.4) is 0 Å². The summed E-state index contributed by atoms with van der Waals surface area (Å²) in [5.74, 6) is -0.615. The number of hydrogen-bond acceptors (Lipinski definition) is 2. The summed E-state index contributed by atoms with van der Waals surface area (Å²) >= 11 is 0. The van der Waals surface area contributed by atoms with E-state index in [1.807, 2.05) is 0 Å². The van der Waals surface area contributed by atoms with E-state index in [0.717, 1.165) is 0 Å². The van der Waals surface area contributed by atoms with Crippen LogP contribution in [0.4, 0.5) is 17.6 Å². The Hall–Kier alpha value is -2.08. The molecule has 0 aliphatic heterocycles. The molecular weight excluding hydrogens is 286 g/mol. The van der Waals surface area contributed by atoms with Gasteiger partial charge in [-0.3, -0.25) is 0 Å².